The monoisotopic (exact) mass is 494 g/mol. The van der Waals surface area contributed by atoms with Crippen LogP contribution in [0.3, 0.4) is 0 Å². The molecule has 2 aromatic carbocycles. The third kappa shape index (κ3) is 6.88. The smallest absolute Gasteiger partial charge is 0.416 e. The summed E-state index contributed by atoms with van der Waals surface area (Å²) in [5.41, 5.74) is -3.42. The number of carbonyl (C=O) groups is 1. The summed E-state index contributed by atoms with van der Waals surface area (Å²) in [4.78, 5) is 21.1. The molecule has 0 atom stereocenters. The summed E-state index contributed by atoms with van der Waals surface area (Å²) in [6.07, 6.45) is -8.61. The van der Waals surface area contributed by atoms with Gasteiger partial charge in [0.15, 0.2) is 5.71 Å². The van der Waals surface area contributed by atoms with E-state index in [1.807, 2.05) is 0 Å². The van der Waals surface area contributed by atoms with Crippen LogP contribution in [0.1, 0.15) is 27.8 Å². The van der Waals surface area contributed by atoms with Crippen LogP contribution in [0.4, 0.5) is 26.3 Å². The number of halogens is 6. The second kappa shape index (κ2) is 10.6. The lowest BCUT2D eigenvalue weighted by atomic mass is 10.0. The van der Waals surface area contributed by atoms with Crippen molar-refractivity contribution in [3.8, 4) is 0 Å². The molecule has 13 heteroatoms. The van der Waals surface area contributed by atoms with Crippen molar-refractivity contribution in [2.24, 2.45) is 10.3 Å². The van der Waals surface area contributed by atoms with Gasteiger partial charge in [-0.3, -0.25) is 0 Å². The predicted molar refractivity (Wildman–Crippen MR) is 109 cm³/mol. The van der Waals surface area contributed by atoms with Crippen molar-refractivity contribution in [1.82, 2.24) is 0 Å². The molecular formula is C20H16F6N2O4S. The van der Waals surface area contributed by atoms with E-state index >= 15 is 0 Å². The highest BCUT2D eigenvalue weighted by atomic mass is 32.2. The summed E-state index contributed by atoms with van der Waals surface area (Å²) in [5.74, 6) is -1.39. The normalized spacial score (nSPS) is 13.1. The van der Waals surface area contributed by atoms with E-state index in [1.54, 1.807) is 6.07 Å². The summed E-state index contributed by atoms with van der Waals surface area (Å²) in [5, 5.41) is 16.2. The van der Waals surface area contributed by atoms with Crippen LogP contribution >= 0.6 is 11.8 Å². The third-order valence-electron chi connectivity index (χ3n) is 4.05. The molecule has 0 unspecified atom stereocenters. The minimum atomic E-state index is -5.01. The first-order chi connectivity index (χ1) is 15.4. The van der Waals surface area contributed by atoms with E-state index in [2.05, 4.69) is 15.1 Å². The summed E-state index contributed by atoms with van der Waals surface area (Å²) in [6, 6.07) is 7.10. The van der Waals surface area contributed by atoms with Crippen LogP contribution in [-0.2, 0) is 33.4 Å². The Morgan fingerprint density at radius 1 is 1.00 bits per heavy atom. The van der Waals surface area contributed by atoms with Crippen LogP contribution in [0.5, 0.6) is 0 Å². The molecule has 2 aromatic rings. The molecular weight excluding hydrogens is 478 g/mol. The first-order valence-electron chi connectivity index (χ1n) is 8.85. The van der Waals surface area contributed by atoms with E-state index < -0.39 is 40.7 Å². The number of carboxylic acid groups (broad SMARTS) is 1. The highest BCUT2D eigenvalue weighted by Crippen LogP contribution is 2.37. The molecule has 0 spiro atoms. The summed E-state index contributed by atoms with van der Waals surface area (Å²) < 4.78 is 78.7. The molecule has 2 rings (SSSR count). The van der Waals surface area contributed by atoms with E-state index in [1.165, 1.54) is 24.5 Å². The van der Waals surface area contributed by atoms with Crippen LogP contribution in [0.25, 0.3) is 0 Å². The third-order valence-corrected chi connectivity index (χ3v) is 4.75. The van der Waals surface area contributed by atoms with Gasteiger partial charge < -0.3 is 14.8 Å². The Morgan fingerprint density at radius 2 is 1.58 bits per heavy atom. The number of rotatable bonds is 7. The topological polar surface area (TPSA) is 80.5 Å². The molecule has 0 aliphatic rings. The van der Waals surface area contributed by atoms with E-state index in [9.17, 15) is 36.2 Å². The van der Waals surface area contributed by atoms with Gasteiger partial charge in [0, 0.05) is 16.7 Å². The zero-order valence-electron chi connectivity index (χ0n) is 17.0. The van der Waals surface area contributed by atoms with Crippen LogP contribution < -0.4 is 0 Å². The van der Waals surface area contributed by atoms with Crippen molar-refractivity contribution in [1.29, 1.82) is 0 Å². The standard InChI is InChI=1S/C20H16F6N2O4S/c1-31-27-16(18(29)30)15-6-4-3-5-11(15)10-32-28-17(33-2)12-7-13(19(21,22)23)9-14(8-12)20(24,25)26/h3-9H,10H2,1-2H3,(H,29,30). The van der Waals surface area contributed by atoms with E-state index in [4.69, 9.17) is 4.84 Å². The lowest BCUT2D eigenvalue weighted by Crippen LogP contribution is -2.17. The number of nitrogens with zero attached hydrogens (tertiary/aromatic N) is 2. The zero-order chi connectivity index (χ0) is 24.8. The maximum atomic E-state index is 13.1. The Kier molecular flexibility index (Phi) is 8.36. The first-order valence-corrected chi connectivity index (χ1v) is 10.1. The van der Waals surface area contributed by atoms with Crippen molar-refractivity contribution in [2.75, 3.05) is 13.4 Å². The Morgan fingerprint density at radius 3 is 2.06 bits per heavy atom. The van der Waals surface area contributed by atoms with E-state index in [0.717, 1.165) is 18.9 Å². The predicted octanol–water partition coefficient (Wildman–Crippen LogP) is 5.40. The molecule has 33 heavy (non-hydrogen) atoms. The number of oxime groups is 2. The molecule has 0 heterocycles. The van der Waals surface area contributed by atoms with Gasteiger partial charge in [-0.15, -0.1) is 11.8 Å². The average Bonchev–Trinajstić information content (AvgIpc) is 2.73. The van der Waals surface area contributed by atoms with Gasteiger partial charge in [-0.05, 0) is 24.5 Å². The fraction of sp³-hybridized carbons (Fsp3) is 0.250. The van der Waals surface area contributed by atoms with Gasteiger partial charge in [-0.1, -0.05) is 34.6 Å². The number of carboxylic acids is 1. The van der Waals surface area contributed by atoms with Crippen LogP contribution in [-0.4, -0.2) is 35.2 Å². The highest BCUT2D eigenvalue weighted by molar-refractivity contribution is 8.13. The molecule has 0 saturated carbocycles. The Hall–Kier alpha value is -3.22. The Balaban J connectivity index is 2.40. The molecule has 178 valence electrons. The quantitative estimate of drug-likeness (QED) is 0.241. The number of benzene rings is 2. The minimum absolute atomic E-state index is 0.0150. The molecule has 0 amide bonds. The number of aliphatic carboxylic acids is 1. The van der Waals surface area contributed by atoms with Crippen LogP contribution in [0.2, 0.25) is 0 Å². The SMILES string of the molecule is CON=C(C(=O)O)c1ccccc1CON=C(SC)c1cc(C(F)(F)F)cc(C(F)(F)F)c1. The fourth-order valence-electron chi connectivity index (χ4n) is 2.62. The van der Waals surface area contributed by atoms with Crippen LogP contribution in [0.15, 0.2) is 52.8 Å². The van der Waals surface area contributed by atoms with E-state index in [0.29, 0.717) is 17.7 Å². The van der Waals surface area contributed by atoms with Crippen molar-refractivity contribution < 1.29 is 45.9 Å². The maximum absolute atomic E-state index is 13.1. The lowest BCUT2D eigenvalue weighted by Gasteiger charge is -2.14. The zero-order valence-corrected chi connectivity index (χ0v) is 17.8. The molecule has 0 aliphatic heterocycles. The molecule has 0 saturated heterocycles. The summed E-state index contributed by atoms with van der Waals surface area (Å²) in [6.45, 7) is -0.346. The lowest BCUT2D eigenvalue weighted by molar-refractivity contribution is -0.143. The molecule has 0 aromatic heterocycles. The number of hydrogen-bond donors (Lipinski definition) is 1. The van der Waals surface area contributed by atoms with Crippen LogP contribution in [0, 0.1) is 0 Å². The van der Waals surface area contributed by atoms with E-state index in [-0.39, 0.29) is 23.3 Å². The molecule has 0 aliphatic carbocycles. The maximum Gasteiger partial charge on any atom is 0.416 e. The second-order valence-corrected chi connectivity index (χ2v) is 7.05. The number of alkyl halides is 6. The van der Waals surface area contributed by atoms with Crippen molar-refractivity contribution in [3.63, 3.8) is 0 Å². The van der Waals surface area contributed by atoms with Gasteiger partial charge in [-0.25, -0.2) is 4.79 Å². The molecule has 6 nitrogen and oxygen atoms in total. The first kappa shape index (κ1) is 26.0. The largest absolute Gasteiger partial charge is 0.476 e. The minimum Gasteiger partial charge on any atom is -0.476 e. The fourth-order valence-corrected chi connectivity index (χ4v) is 3.10. The average molecular weight is 494 g/mol. The van der Waals surface area contributed by atoms with Gasteiger partial charge in [0.1, 0.15) is 18.8 Å². The van der Waals surface area contributed by atoms with Gasteiger partial charge in [-0.2, -0.15) is 26.3 Å². The van der Waals surface area contributed by atoms with Gasteiger partial charge >= 0.3 is 18.3 Å². The summed E-state index contributed by atoms with van der Waals surface area (Å²) in [7, 11) is 1.15. The Labute approximate surface area is 187 Å². The highest BCUT2D eigenvalue weighted by Gasteiger charge is 2.37. The molecule has 1 N–H and O–H groups in total. The molecule has 0 bridgehead atoms. The second-order valence-electron chi connectivity index (χ2n) is 6.25. The van der Waals surface area contributed by atoms with Crippen molar-refractivity contribution >= 4 is 28.5 Å². The van der Waals surface area contributed by atoms with Gasteiger partial charge in [0.25, 0.3) is 0 Å². The number of thioether (sulfide) groups is 1. The molecule has 0 fully saturated rings. The Bertz CT molecular complexity index is 1040. The van der Waals surface area contributed by atoms with Gasteiger partial charge in [0.05, 0.1) is 11.1 Å². The molecule has 0 radical (unpaired) electrons. The summed E-state index contributed by atoms with van der Waals surface area (Å²) >= 11 is 0.773. The number of hydrogen-bond acceptors (Lipinski definition) is 6. The van der Waals surface area contributed by atoms with Crippen molar-refractivity contribution in [2.45, 2.75) is 19.0 Å². The van der Waals surface area contributed by atoms with Gasteiger partial charge in [0.2, 0.25) is 0 Å². The van der Waals surface area contributed by atoms with Crippen molar-refractivity contribution in [3.05, 3.63) is 70.3 Å².